The van der Waals surface area contributed by atoms with Crippen molar-refractivity contribution in [3.05, 3.63) is 35.1 Å². The molecule has 0 spiro atoms. The molecule has 0 heterocycles. The molecule has 0 aliphatic heterocycles. The maximum absolute atomic E-state index is 13.1. The lowest BCUT2D eigenvalue weighted by Gasteiger charge is -2.10. The molecule has 4 nitrogen and oxygen atoms in total. The standard InChI is InChI=1S/C14H21FN2O2/c1-11-10-12(4-5-13(11)15)14(18)16-6-8-19-9-7-17(2)3/h4-5,10H,6-9H2,1-3H3,(H,16,18). The number of benzene rings is 1. The van der Waals surface area contributed by atoms with E-state index in [2.05, 4.69) is 5.32 Å². The minimum absolute atomic E-state index is 0.209. The molecule has 0 atom stereocenters. The Morgan fingerprint density at radius 1 is 1.37 bits per heavy atom. The van der Waals surface area contributed by atoms with Gasteiger partial charge in [-0.3, -0.25) is 4.79 Å². The van der Waals surface area contributed by atoms with E-state index >= 15 is 0 Å². The van der Waals surface area contributed by atoms with Gasteiger partial charge in [0, 0.05) is 18.7 Å². The van der Waals surface area contributed by atoms with Crippen LogP contribution in [0.1, 0.15) is 15.9 Å². The highest BCUT2D eigenvalue weighted by Gasteiger charge is 2.06. The number of amides is 1. The number of nitrogens with zero attached hydrogens (tertiary/aromatic N) is 1. The summed E-state index contributed by atoms with van der Waals surface area (Å²) >= 11 is 0. The van der Waals surface area contributed by atoms with E-state index in [0.717, 1.165) is 6.54 Å². The number of halogens is 1. The maximum Gasteiger partial charge on any atom is 0.251 e. The predicted molar refractivity (Wildman–Crippen MR) is 72.8 cm³/mol. The van der Waals surface area contributed by atoms with Crippen LogP contribution in [0, 0.1) is 12.7 Å². The molecule has 106 valence electrons. The molecule has 0 radical (unpaired) electrons. The fraction of sp³-hybridized carbons (Fsp3) is 0.500. The number of hydrogen-bond donors (Lipinski definition) is 1. The van der Waals surface area contributed by atoms with Crippen molar-refractivity contribution in [3.63, 3.8) is 0 Å². The summed E-state index contributed by atoms with van der Waals surface area (Å²) < 4.78 is 18.4. The second-order valence-corrected chi connectivity index (χ2v) is 4.64. The van der Waals surface area contributed by atoms with Gasteiger partial charge in [-0.25, -0.2) is 4.39 Å². The number of aryl methyl sites for hydroxylation is 1. The number of carbonyl (C=O) groups excluding carboxylic acids is 1. The van der Waals surface area contributed by atoms with Crippen LogP contribution < -0.4 is 5.32 Å². The van der Waals surface area contributed by atoms with Crippen molar-refractivity contribution in [1.82, 2.24) is 10.2 Å². The van der Waals surface area contributed by atoms with Crippen molar-refractivity contribution < 1.29 is 13.9 Å². The Morgan fingerprint density at radius 3 is 2.74 bits per heavy atom. The van der Waals surface area contributed by atoms with Crippen molar-refractivity contribution in [1.29, 1.82) is 0 Å². The lowest BCUT2D eigenvalue weighted by Crippen LogP contribution is -2.28. The van der Waals surface area contributed by atoms with Gasteiger partial charge in [-0.2, -0.15) is 0 Å². The molecule has 5 heteroatoms. The van der Waals surface area contributed by atoms with Gasteiger partial charge in [-0.1, -0.05) is 0 Å². The molecule has 19 heavy (non-hydrogen) atoms. The van der Waals surface area contributed by atoms with Gasteiger partial charge in [-0.15, -0.1) is 0 Å². The zero-order valence-corrected chi connectivity index (χ0v) is 11.7. The van der Waals surface area contributed by atoms with E-state index < -0.39 is 0 Å². The zero-order chi connectivity index (χ0) is 14.3. The highest BCUT2D eigenvalue weighted by atomic mass is 19.1. The predicted octanol–water partition coefficient (Wildman–Crippen LogP) is 1.44. The largest absolute Gasteiger partial charge is 0.378 e. The lowest BCUT2D eigenvalue weighted by molar-refractivity contribution is 0.0900. The average molecular weight is 268 g/mol. The molecule has 1 rings (SSSR count). The van der Waals surface area contributed by atoms with Gasteiger partial charge in [0.25, 0.3) is 5.91 Å². The van der Waals surface area contributed by atoms with E-state index in [1.807, 2.05) is 19.0 Å². The van der Waals surface area contributed by atoms with Crippen molar-refractivity contribution >= 4 is 5.91 Å². The summed E-state index contributed by atoms with van der Waals surface area (Å²) in [6.45, 7) is 4.04. The quantitative estimate of drug-likeness (QED) is 0.761. The van der Waals surface area contributed by atoms with Crippen LogP contribution in [0.5, 0.6) is 0 Å². The molecule has 0 aliphatic rings. The van der Waals surface area contributed by atoms with E-state index in [1.165, 1.54) is 18.2 Å². The number of carbonyl (C=O) groups is 1. The molecule has 1 N–H and O–H groups in total. The van der Waals surface area contributed by atoms with E-state index in [4.69, 9.17) is 4.74 Å². The minimum atomic E-state index is -0.302. The first-order chi connectivity index (χ1) is 9.00. The molecular weight excluding hydrogens is 247 g/mol. The van der Waals surface area contributed by atoms with Crippen molar-refractivity contribution in [2.75, 3.05) is 40.4 Å². The average Bonchev–Trinajstić information content (AvgIpc) is 2.36. The van der Waals surface area contributed by atoms with Gasteiger partial charge in [0.15, 0.2) is 0 Å². The van der Waals surface area contributed by atoms with Crippen LogP contribution in [-0.4, -0.2) is 51.2 Å². The summed E-state index contributed by atoms with van der Waals surface area (Å²) in [6, 6.07) is 4.32. The number of rotatable bonds is 7. The third-order valence-corrected chi connectivity index (χ3v) is 2.63. The van der Waals surface area contributed by atoms with Crippen molar-refractivity contribution in [3.8, 4) is 0 Å². The Morgan fingerprint density at radius 2 is 2.11 bits per heavy atom. The normalized spacial score (nSPS) is 10.8. The molecule has 0 unspecified atom stereocenters. The topological polar surface area (TPSA) is 41.6 Å². The lowest BCUT2D eigenvalue weighted by atomic mass is 10.1. The molecule has 0 aromatic heterocycles. The Kier molecular flexibility index (Phi) is 6.45. The summed E-state index contributed by atoms with van der Waals surface area (Å²) in [4.78, 5) is 13.8. The Labute approximate surface area is 113 Å². The van der Waals surface area contributed by atoms with E-state index in [-0.39, 0.29) is 11.7 Å². The van der Waals surface area contributed by atoms with Crippen LogP contribution in [-0.2, 0) is 4.74 Å². The van der Waals surface area contributed by atoms with E-state index in [1.54, 1.807) is 6.92 Å². The Balaban J connectivity index is 2.26. The molecule has 1 aromatic rings. The molecule has 1 amide bonds. The number of hydrogen-bond acceptors (Lipinski definition) is 3. The van der Waals surface area contributed by atoms with Crippen LogP contribution in [0.4, 0.5) is 4.39 Å². The monoisotopic (exact) mass is 268 g/mol. The van der Waals surface area contributed by atoms with Crippen molar-refractivity contribution in [2.45, 2.75) is 6.92 Å². The second kappa shape index (κ2) is 7.86. The number of nitrogens with one attached hydrogen (secondary N) is 1. The Bertz CT molecular complexity index is 422. The van der Waals surface area contributed by atoms with Gasteiger partial charge in [0.05, 0.1) is 13.2 Å². The van der Waals surface area contributed by atoms with Gasteiger partial charge < -0.3 is 15.0 Å². The molecule has 0 saturated carbocycles. The summed E-state index contributed by atoms with van der Waals surface area (Å²) in [5.41, 5.74) is 0.932. The number of likely N-dealkylation sites (N-methyl/N-ethyl adjacent to an activating group) is 1. The van der Waals surface area contributed by atoms with Gasteiger partial charge >= 0.3 is 0 Å². The minimum Gasteiger partial charge on any atom is -0.378 e. The van der Waals surface area contributed by atoms with Gasteiger partial charge in [0.1, 0.15) is 5.82 Å². The fourth-order valence-electron chi connectivity index (χ4n) is 1.47. The molecule has 0 bridgehead atoms. The van der Waals surface area contributed by atoms with Crippen LogP contribution in [0.25, 0.3) is 0 Å². The molecule has 0 saturated heterocycles. The van der Waals surface area contributed by atoms with E-state index in [9.17, 15) is 9.18 Å². The highest BCUT2D eigenvalue weighted by molar-refractivity contribution is 5.94. The number of ether oxygens (including phenoxy) is 1. The third kappa shape index (κ3) is 5.81. The Hall–Kier alpha value is -1.46. The summed E-state index contributed by atoms with van der Waals surface area (Å²) in [6.07, 6.45) is 0. The molecule has 0 aliphatic carbocycles. The van der Waals surface area contributed by atoms with Crippen molar-refractivity contribution in [2.24, 2.45) is 0 Å². The molecule has 1 aromatic carbocycles. The summed E-state index contributed by atoms with van der Waals surface area (Å²) in [7, 11) is 3.95. The smallest absolute Gasteiger partial charge is 0.251 e. The zero-order valence-electron chi connectivity index (χ0n) is 11.7. The molecule has 0 fully saturated rings. The first-order valence-electron chi connectivity index (χ1n) is 6.27. The SMILES string of the molecule is Cc1cc(C(=O)NCCOCCN(C)C)ccc1F. The van der Waals surface area contributed by atoms with Crippen LogP contribution in [0.15, 0.2) is 18.2 Å². The second-order valence-electron chi connectivity index (χ2n) is 4.64. The summed E-state index contributed by atoms with van der Waals surface area (Å²) in [5.74, 6) is -0.511. The van der Waals surface area contributed by atoms with Crippen LogP contribution in [0.2, 0.25) is 0 Å². The maximum atomic E-state index is 13.1. The molecular formula is C14H21FN2O2. The summed E-state index contributed by atoms with van der Waals surface area (Å²) in [5, 5.41) is 2.73. The first-order valence-corrected chi connectivity index (χ1v) is 6.27. The van der Waals surface area contributed by atoms with Gasteiger partial charge in [0.2, 0.25) is 0 Å². The van der Waals surface area contributed by atoms with E-state index in [0.29, 0.717) is 30.9 Å². The van der Waals surface area contributed by atoms with Gasteiger partial charge in [-0.05, 0) is 44.8 Å². The van der Waals surface area contributed by atoms with Crippen LogP contribution >= 0.6 is 0 Å². The first kappa shape index (κ1) is 15.6. The third-order valence-electron chi connectivity index (χ3n) is 2.63. The fourth-order valence-corrected chi connectivity index (χ4v) is 1.47. The highest BCUT2D eigenvalue weighted by Crippen LogP contribution is 2.08. The van der Waals surface area contributed by atoms with Crippen LogP contribution in [0.3, 0.4) is 0 Å².